The van der Waals surface area contributed by atoms with E-state index in [0.717, 1.165) is 30.5 Å². The molecule has 0 aliphatic heterocycles. The molecule has 1 aliphatic rings. The van der Waals surface area contributed by atoms with E-state index < -0.39 is 11.7 Å². The number of halogens is 3. The van der Waals surface area contributed by atoms with Gasteiger partial charge in [0.15, 0.2) is 16.5 Å². The summed E-state index contributed by atoms with van der Waals surface area (Å²) < 4.78 is 52.1. The van der Waals surface area contributed by atoms with Crippen molar-refractivity contribution in [3.05, 3.63) is 81.2 Å². The molecule has 0 saturated heterocycles. The molecule has 4 aromatic rings. The van der Waals surface area contributed by atoms with Gasteiger partial charge in [-0.15, -0.1) is 11.3 Å². The van der Waals surface area contributed by atoms with Crippen LogP contribution in [0.1, 0.15) is 29.7 Å². The molecule has 9 heteroatoms. The van der Waals surface area contributed by atoms with Gasteiger partial charge in [0.25, 0.3) is 5.56 Å². The van der Waals surface area contributed by atoms with Crippen LogP contribution in [-0.4, -0.2) is 23.1 Å². The Balaban J connectivity index is 1.59. The van der Waals surface area contributed by atoms with E-state index in [2.05, 4.69) is 4.98 Å². The highest BCUT2D eigenvalue weighted by molar-refractivity contribution is 7.15. The fourth-order valence-corrected chi connectivity index (χ4v) is 4.46. The maximum absolute atomic E-state index is 13.3. The number of thiazole rings is 1. The molecular weight excluding hydrogens is 477 g/mol. The zero-order valence-corrected chi connectivity index (χ0v) is 19.5. The van der Waals surface area contributed by atoms with E-state index in [0.29, 0.717) is 40.2 Å². The Hall–Kier alpha value is -3.59. The Morgan fingerprint density at radius 3 is 2.60 bits per heavy atom. The second-order valence-electron chi connectivity index (χ2n) is 8.27. The van der Waals surface area contributed by atoms with Crippen LogP contribution in [0.25, 0.3) is 28.2 Å². The highest BCUT2D eigenvalue weighted by atomic mass is 32.1. The van der Waals surface area contributed by atoms with Gasteiger partial charge in [-0.3, -0.25) is 9.20 Å². The summed E-state index contributed by atoms with van der Waals surface area (Å²) in [6, 6.07) is 10.1. The van der Waals surface area contributed by atoms with Gasteiger partial charge >= 0.3 is 6.18 Å². The lowest BCUT2D eigenvalue weighted by molar-refractivity contribution is -0.137. The number of para-hydroxylation sites is 1. The third-order valence-electron chi connectivity index (χ3n) is 5.81. The molecule has 0 bridgehead atoms. The average molecular weight is 499 g/mol. The van der Waals surface area contributed by atoms with Gasteiger partial charge in [-0.1, -0.05) is 24.3 Å². The molecule has 35 heavy (non-hydrogen) atoms. The molecule has 5 rings (SSSR count). The van der Waals surface area contributed by atoms with E-state index in [-0.39, 0.29) is 11.1 Å². The van der Waals surface area contributed by atoms with Crippen LogP contribution in [0.2, 0.25) is 0 Å². The second kappa shape index (κ2) is 9.22. The molecule has 180 valence electrons. The SMILES string of the molecule is COc1cccc(C=Cc2nc3sccn3c(=O)c2-c2ccc(C(F)(F)F)cc2)c1OCC1CC1. The summed E-state index contributed by atoms with van der Waals surface area (Å²) in [6.07, 6.45) is 2.89. The molecule has 0 radical (unpaired) electrons. The highest BCUT2D eigenvalue weighted by Crippen LogP contribution is 2.36. The van der Waals surface area contributed by atoms with Crippen molar-refractivity contribution in [3.63, 3.8) is 0 Å². The van der Waals surface area contributed by atoms with Crippen LogP contribution in [0.15, 0.2) is 58.8 Å². The van der Waals surface area contributed by atoms with Crippen LogP contribution in [0, 0.1) is 5.92 Å². The van der Waals surface area contributed by atoms with Crippen molar-refractivity contribution < 1.29 is 22.6 Å². The maximum Gasteiger partial charge on any atom is 0.416 e. The first kappa shape index (κ1) is 23.2. The van der Waals surface area contributed by atoms with E-state index in [9.17, 15) is 18.0 Å². The lowest BCUT2D eigenvalue weighted by Crippen LogP contribution is -2.17. The third-order valence-corrected chi connectivity index (χ3v) is 6.56. The monoisotopic (exact) mass is 498 g/mol. The summed E-state index contributed by atoms with van der Waals surface area (Å²) in [5, 5.41) is 1.74. The fourth-order valence-electron chi connectivity index (χ4n) is 3.75. The Morgan fingerprint density at radius 1 is 1.14 bits per heavy atom. The summed E-state index contributed by atoms with van der Waals surface area (Å²) in [7, 11) is 1.57. The van der Waals surface area contributed by atoms with Crippen molar-refractivity contribution in [1.29, 1.82) is 0 Å². The number of nitrogens with zero attached hydrogens (tertiary/aromatic N) is 2. The largest absolute Gasteiger partial charge is 0.493 e. The molecule has 2 aromatic carbocycles. The van der Waals surface area contributed by atoms with E-state index in [1.54, 1.807) is 30.8 Å². The number of rotatable bonds is 7. The smallest absolute Gasteiger partial charge is 0.416 e. The Bertz CT molecular complexity index is 1450. The molecule has 5 nitrogen and oxygen atoms in total. The molecule has 0 N–H and O–H groups in total. The second-order valence-corrected chi connectivity index (χ2v) is 9.15. The molecule has 1 fully saturated rings. The van der Waals surface area contributed by atoms with Gasteiger partial charge < -0.3 is 9.47 Å². The van der Waals surface area contributed by atoms with Crippen LogP contribution >= 0.6 is 11.3 Å². The van der Waals surface area contributed by atoms with Gasteiger partial charge in [-0.2, -0.15) is 13.2 Å². The normalized spacial score (nSPS) is 14.1. The van der Waals surface area contributed by atoms with Crippen molar-refractivity contribution in [2.75, 3.05) is 13.7 Å². The predicted octanol–water partition coefficient (Wildman–Crippen LogP) is 6.41. The summed E-state index contributed by atoms with van der Waals surface area (Å²) >= 11 is 1.30. The first-order chi connectivity index (χ1) is 16.8. The summed E-state index contributed by atoms with van der Waals surface area (Å²) in [4.78, 5) is 18.4. The maximum atomic E-state index is 13.3. The molecule has 0 unspecified atom stereocenters. The quantitative estimate of drug-likeness (QED) is 0.296. The van der Waals surface area contributed by atoms with E-state index in [4.69, 9.17) is 9.47 Å². The molecule has 2 heterocycles. The summed E-state index contributed by atoms with van der Waals surface area (Å²) in [5.41, 5.74) is 0.536. The molecule has 0 atom stereocenters. The van der Waals surface area contributed by atoms with Crippen LogP contribution in [0.3, 0.4) is 0 Å². The first-order valence-electron chi connectivity index (χ1n) is 11.0. The number of hydrogen-bond donors (Lipinski definition) is 0. The van der Waals surface area contributed by atoms with Gasteiger partial charge in [0.05, 0.1) is 30.5 Å². The van der Waals surface area contributed by atoms with Crippen molar-refractivity contribution in [2.24, 2.45) is 5.92 Å². The van der Waals surface area contributed by atoms with E-state index >= 15 is 0 Å². The number of hydrogen-bond acceptors (Lipinski definition) is 5. The number of benzene rings is 2. The van der Waals surface area contributed by atoms with Crippen LogP contribution in [0.5, 0.6) is 11.5 Å². The lowest BCUT2D eigenvalue weighted by Gasteiger charge is -2.13. The van der Waals surface area contributed by atoms with E-state index in [1.807, 2.05) is 18.2 Å². The number of aromatic nitrogens is 2. The molecule has 0 spiro atoms. The Morgan fingerprint density at radius 2 is 1.91 bits per heavy atom. The van der Waals surface area contributed by atoms with Gasteiger partial charge in [-0.05, 0) is 54.7 Å². The third kappa shape index (κ3) is 4.81. The van der Waals surface area contributed by atoms with E-state index in [1.165, 1.54) is 27.9 Å². The van der Waals surface area contributed by atoms with Gasteiger partial charge in [0.2, 0.25) is 0 Å². The Labute approximate surface area is 203 Å². The van der Waals surface area contributed by atoms with Crippen LogP contribution in [0.4, 0.5) is 13.2 Å². The minimum atomic E-state index is -4.46. The van der Waals surface area contributed by atoms with Gasteiger partial charge in [-0.25, -0.2) is 4.98 Å². The predicted molar refractivity (Wildman–Crippen MR) is 130 cm³/mol. The number of alkyl halides is 3. The molecule has 2 aromatic heterocycles. The molecular formula is C26H21F3N2O3S. The molecule has 0 amide bonds. The number of ether oxygens (including phenoxy) is 2. The average Bonchev–Trinajstić information content (AvgIpc) is 3.55. The minimum Gasteiger partial charge on any atom is -0.493 e. The fraction of sp³-hybridized carbons (Fsp3) is 0.231. The molecule has 1 aliphatic carbocycles. The molecule has 1 saturated carbocycles. The number of fused-ring (bicyclic) bond motifs is 1. The van der Waals surface area contributed by atoms with Crippen molar-refractivity contribution in [3.8, 4) is 22.6 Å². The highest BCUT2D eigenvalue weighted by Gasteiger charge is 2.30. The summed E-state index contributed by atoms with van der Waals surface area (Å²) in [5.74, 6) is 1.74. The topological polar surface area (TPSA) is 52.8 Å². The lowest BCUT2D eigenvalue weighted by atomic mass is 10.0. The zero-order valence-electron chi connectivity index (χ0n) is 18.7. The van der Waals surface area contributed by atoms with Crippen molar-refractivity contribution >= 4 is 28.4 Å². The standard InChI is InChI=1S/C26H21F3N2O3S/c1-33-21-4-2-3-18(23(21)34-15-16-5-6-16)9-12-20-22(24(32)31-13-14-35-25(31)30-20)17-7-10-19(11-8-17)26(27,28)29/h2-4,7-14,16H,5-6,15H2,1H3. The van der Waals surface area contributed by atoms with Crippen molar-refractivity contribution in [1.82, 2.24) is 9.38 Å². The van der Waals surface area contributed by atoms with Crippen LogP contribution < -0.4 is 15.0 Å². The minimum absolute atomic E-state index is 0.217. The van der Waals surface area contributed by atoms with Gasteiger partial charge in [0, 0.05) is 17.1 Å². The van der Waals surface area contributed by atoms with Gasteiger partial charge in [0.1, 0.15) is 0 Å². The summed E-state index contributed by atoms with van der Waals surface area (Å²) in [6.45, 7) is 0.596. The van der Waals surface area contributed by atoms with Crippen LogP contribution in [-0.2, 0) is 6.18 Å². The first-order valence-corrected chi connectivity index (χ1v) is 11.9. The zero-order chi connectivity index (χ0) is 24.6. The Kier molecular flexibility index (Phi) is 6.10. The number of methoxy groups -OCH3 is 1. The van der Waals surface area contributed by atoms with Crippen molar-refractivity contribution in [2.45, 2.75) is 19.0 Å².